The normalized spacial score (nSPS) is 20.4. The van der Waals surface area contributed by atoms with Crippen molar-refractivity contribution in [2.75, 3.05) is 6.54 Å². The summed E-state index contributed by atoms with van der Waals surface area (Å²) in [6.45, 7) is 0.456. The molecule has 0 spiro atoms. The summed E-state index contributed by atoms with van der Waals surface area (Å²) < 4.78 is 0. The summed E-state index contributed by atoms with van der Waals surface area (Å²) in [5.74, 6) is -0.388. The highest BCUT2D eigenvalue weighted by Crippen LogP contribution is 2.07. The van der Waals surface area contributed by atoms with Gasteiger partial charge >= 0.3 is 12.0 Å². The second-order valence-electron chi connectivity index (χ2n) is 3.26. The molecule has 2 rings (SSSR count). The standard InChI is InChI=1S/C8H10N4O3/c13-7(14)5-3-12(8(15)11-5)4-6-9-1-2-10-6/h1-2,5H,3-4H2,(H,9,10)(H,11,15)(H,13,14). The topological polar surface area (TPSA) is 98.3 Å². The molecule has 2 heterocycles. The summed E-state index contributed by atoms with van der Waals surface area (Å²) in [7, 11) is 0. The molecule has 7 heteroatoms. The number of aromatic amines is 1. The molecule has 1 unspecified atom stereocenters. The average molecular weight is 210 g/mol. The number of nitrogens with one attached hydrogen (secondary N) is 2. The van der Waals surface area contributed by atoms with E-state index < -0.39 is 12.0 Å². The van der Waals surface area contributed by atoms with Crippen LogP contribution in [0.2, 0.25) is 0 Å². The summed E-state index contributed by atoms with van der Waals surface area (Å²) in [6, 6.07) is -1.20. The molecule has 0 radical (unpaired) electrons. The molecule has 1 aromatic rings. The van der Waals surface area contributed by atoms with Gasteiger partial charge in [0.25, 0.3) is 0 Å². The van der Waals surface area contributed by atoms with Gasteiger partial charge in [-0.1, -0.05) is 0 Å². The minimum atomic E-state index is -1.02. The van der Waals surface area contributed by atoms with Crippen LogP contribution >= 0.6 is 0 Å². The van der Waals surface area contributed by atoms with E-state index in [1.165, 1.54) is 4.90 Å². The van der Waals surface area contributed by atoms with Crippen LogP contribution in [0.15, 0.2) is 12.4 Å². The number of aliphatic carboxylic acids is 1. The van der Waals surface area contributed by atoms with Crippen molar-refractivity contribution in [1.82, 2.24) is 20.2 Å². The molecule has 1 atom stereocenters. The summed E-state index contributed by atoms with van der Waals surface area (Å²) in [4.78, 5) is 30.2. The Morgan fingerprint density at radius 2 is 2.53 bits per heavy atom. The third-order valence-corrected chi connectivity index (χ3v) is 2.18. The van der Waals surface area contributed by atoms with E-state index in [9.17, 15) is 9.59 Å². The molecule has 1 aromatic heterocycles. The summed E-state index contributed by atoms with van der Waals surface area (Å²) in [6.07, 6.45) is 3.23. The predicted molar refractivity (Wildman–Crippen MR) is 49.0 cm³/mol. The lowest BCUT2D eigenvalue weighted by Crippen LogP contribution is -2.33. The first-order valence-electron chi connectivity index (χ1n) is 4.43. The lowest BCUT2D eigenvalue weighted by atomic mass is 10.3. The van der Waals surface area contributed by atoms with Gasteiger partial charge < -0.3 is 20.3 Å². The Morgan fingerprint density at radius 3 is 3.07 bits per heavy atom. The van der Waals surface area contributed by atoms with E-state index >= 15 is 0 Å². The maximum atomic E-state index is 11.3. The number of urea groups is 1. The lowest BCUT2D eigenvalue weighted by molar-refractivity contribution is -0.138. The van der Waals surface area contributed by atoms with Gasteiger partial charge in [0.15, 0.2) is 0 Å². The molecule has 7 nitrogen and oxygen atoms in total. The number of rotatable bonds is 3. The van der Waals surface area contributed by atoms with Gasteiger partial charge in [-0.05, 0) is 0 Å². The van der Waals surface area contributed by atoms with E-state index in [1.54, 1.807) is 12.4 Å². The van der Waals surface area contributed by atoms with Crippen molar-refractivity contribution in [2.45, 2.75) is 12.6 Å². The third kappa shape index (κ3) is 1.90. The van der Waals surface area contributed by atoms with Crippen LogP contribution < -0.4 is 5.32 Å². The van der Waals surface area contributed by atoms with Crippen LogP contribution in [0.4, 0.5) is 4.79 Å². The molecule has 2 amide bonds. The predicted octanol–water partition coefficient (Wildman–Crippen LogP) is -0.612. The van der Waals surface area contributed by atoms with Crippen LogP contribution in [0.1, 0.15) is 5.82 Å². The van der Waals surface area contributed by atoms with Gasteiger partial charge in [-0.25, -0.2) is 14.6 Å². The van der Waals surface area contributed by atoms with E-state index in [-0.39, 0.29) is 12.6 Å². The number of nitrogens with zero attached hydrogens (tertiary/aromatic N) is 2. The van der Waals surface area contributed by atoms with E-state index in [2.05, 4.69) is 15.3 Å². The quantitative estimate of drug-likeness (QED) is 0.619. The number of aromatic nitrogens is 2. The van der Waals surface area contributed by atoms with Crippen molar-refractivity contribution in [1.29, 1.82) is 0 Å². The molecular formula is C8H10N4O3. The number of carboxylic acid groups (broad SMARTS) is 1. The Hall–Kier alpha value is -2.05. The van der Waals surface area contributed by atoms with Gasteiger partial charge in [-0.2, -0.15) is 0 Å². The monoisotopic (exact) mass is 210 g/mol. The zero-order valence-corrected chi connectivity index (χ0v) is 7.80. The van der Waals surface area contributed by atoms with Crippen LogP contribution in [0.5, 0.6) is 0 Å². The highest BCUT2D eigenvalue weighted by Gasteiger charge is 2.33. The minimum Gasteiger partial charge on any atom is -0.480 e. The zero-order valence-electron chi connectivity index (χ0n) is 7.80. The van der Waals surface area contributed by atoms with Crippen molar-refractivity contribution < 1.29 is 14.7 Å². The fourth-order valence-corrected chi connectivity index (χ4v) is 1.43. The summed E-state index contributed by atoms with van der Waals surface area (Å²) in [5, 5.41) is 11.1. The lowest BCUT2D eigenvalue weighted by Gasteiger charge is -2.11. The van der Waals surface area contributed by atoms with Crippen molar-refractivity contribution >= 4 is 12.0 Å². The fourth-order valence-electron chi connectivity index (χ4n) is 1.43. The van der Waals surface area contributed by atoms with Crippen molar-refractivity contribution in [3.8, 4) is 0 Å². The molecule has 15 heavy (non-hydrogen) atoms. The molecular weight excluding hydrogens is 200 g/mol. The maximum Gasteiger partial charge on any atom is 0.328 e. The number of carboxylic acids is 1. The molecule has 1 saturated heterocycles. The van der Waals surface area contributed by atoms with Gasteiger partial charge in [0.05, 0.1) is 13.1 Å². The molecule has 3 N–H and O–H groups in total. The highest BCUT2D eigenvalue weighted by atomic mass is 16.4. The number of amides is 2. The Kier molecular flexibility index (Phi) is 2.28. The first kappa shape index (κ1) is 9.50. The number of hydrogen-bond acceptors (Lipinski definition) is 3. The van der Waals surface area contributed by atoms with Crippen LogP contribution in [0.25, 0.3) is 0 Å². The number of carbonyl (C=O) groups is 2. The van der Waals surface area contributed by atoms with Crippen molar-refractivity contribution in [3.05, 3.63) is 18.2 Å². The number of imidazole rings is 1. The fraction of sp³-hybridized carbons (Fsp3) is 0.375. The molecule has 0 bridgehead atoms. The molecule has 1 aliphatic rings. The summed E-state index contributed by atoms with van der Waals surface area (Å²) >= 11 is 0. The number of H-pyrrole nitrogens is 1. The maximum absolute atomic E-state index is 11.3. The smallest absolute Gasteiger partial charge is 0.328 e. The Bertz CT molecular complexity index is 375. The van der Waals surface area contributed by atoms with Gasteiger partial charge in [0, 0.05) is 12.4 Å². The molecule has 1 aliphatic heterocycles. The van der Waals surface area contributed by atoms with Crippen LogP contribution in [-0.2, 0) is 11.3 Å². The number of carbonyl (C=O) groups excluding carboxylic acids is 1. The van der Waals surface area contributed by atoms with Gasteiger partial charge in [0.1, 0.15) is 11.9 Å². The second-order valence-corrected chi connectivity index (χ2v) is 3.26. The van der Waals surface area contributed by atoms with E-state index in [4.69, 9.17) is 5.11 Å². The minimum absolute atomic E-state index is 0.162. The highest BCUT2D eigenvalue weighted by molar-refractivity contribution is 5.86. The Balaban J connectivity index is 2.00. The average Bonchev–Trinajstić information content (AvgIpc) is 2.77. The van der Waals surface area contributed by atoms with Crippen molar-refractivity contribution in [2.24, 2.45) is 0 Å². The van der Waals surface area contributed by atoms with E-state index in [0.717, 1.165) is 0 Å². The molecule has 0 aromatic carbocycles. The van der Waals surface area contributed by atoms with Gasteiger partial charge in [-0.15, -0.1) is 0 Å². The van der Waals surface area contributed by atoms with Crippen LogP contribution in [0, 0.1) is 0 Å². The first-order valence-corrected chi connectivity index (χ1v) is 4.43. The van der Waals surface area contributed by atoms with E-state index in [0.29, 0.717) is 12.4 Å². The SMILES string of the molecule is O=C(O)C1CN(Cc2ncc[nH]2)C(=O)N1. The molecule has 1 fully saturated rings. The van der Waals surface area contributed by atoms with Gasteiger partial charge in [-0.3, -0.25) is 0 Å². The van der Waals surface area contributed by atoms with E-state index in [1.807, 2.05) is 0 Å². The van der Waals surface area contributed by atoms with Gasteiger partial charge in [0.2, 0.25) is 0 Å². The Morgan fingerprint density at radius 1 is 1.73 bits per heavy atom. The summed E-state index contributed by atoms with van der Waals surface area (Å²) in [5.41, 5.74) is 0. The van der Waals surface area contributed by atoms with Crippen LogP contribution in [0.3, 0.4) is 0 Å². The zero-order chi connectivity index (χ0) is 10.8. The molecule has 80 valence electrons. The third-order valence-electron chi connectivity index (χ3n) is 2.18. The molecule has 0 saturated carbocycles. The van der Waals surface area contributed by atoms with Crippen molar-refractivity contribution in [3.63, 3.8) is 0 Å². The number of hydrogen-bond donors (Lipinski definition) is 3. The molecule has 0 aliphatic carbocycles. The first-order chi connectivity index (χ1) is 7.16. The largest absolute Gasteiger partial charge is 0.480 e. The Labute approximate surface area is 85.1 Å². The van der Waals surface area contributed by atoms with Crippen LogP contribution in [-0.4, -0.2) is 44.6 Å². The second kappa shape index (κ2) is 3.60.